The lowest BCUT2D eigenvalue weighted by Crippen LogP contribution is -2.27. The molecule has 0 spiro atoms. The van der Waals surface area contributed by atoms with Gasteiger partial charge in [-0.1, -0.05) is 13.8 Å². The predicted octanol–water partition coefficient (Wildman–Crippen LogP) is 0.853. The number of rotatable bonds is 10. The van der Waals surface area contributed by atoms with Crippen LogP contribution in [-0.4, -0.2) is 60.2 Å². The first-order valence-corrected chi connectivity index (χ1v) is 6.63. The zero-order valence-electron chi connectivity index (χ0n) is 10.6. The first-order chi connectivity index (χ1) is 7.99. The second-order valence-electron chi connectivity index (χ2n) is 4.06. The minimum atomic E-state index is -0.836. The van der Waals surface area contributed by atoms with E-state index in [1.54, 1.807) is 7.11 Å². The Kier molecular flexibility index (Phi) is 9.53. The number of thioether (sulfide) groups is 1. The average Bonchev–Trinajstić information content (AvgIpc) is 2.23. The molecule has 0 aromatic heterocycles. The van der Waals surface area contributed by atoms with Crippen LogP contribution < -0.4 is 0 Å². The van der Waals surface area contributed by atoms with Crippen molar-refractivity contribution in [2.24, 2.45) is 5.92 Å². The summed E-state index contributed by atoms with van der Waals surface area (Å²) in [6.07, 6.45) is -0.641. The number of ether oxygens (including phenoxy) is 2. The van der Waals surface area contributed by atoms with Crippen LogP contribution >= 0.6 is 11.8 Å². The molecular formula is C11H22O5S. The molecule has 17 heavy (non-hydrogen) atoms. The molecule has 0 aliphatic heterocycles. The van der Waals surface area contributed by atoms with Gasteiger partial charge in [0, 0.05) is 12.9 Å². The highest BCUT2D eigenvalue weighted by Crippen LogP contribution is 2.20. The summed E-state index contributed by atoms with van der Waals surface area (Å²) in [7, 11) is 1.58. The normalized spacial score (nSPS) is 14.9. The Bertz CT molecular complexity index is 210. The van der Waals surface area contributed by atoms with Crippen molar-refractivity contribution in [2.45, 2.75) is 25.2 Å². The molecular weight excluding hydrogens is 244 g/mol. The topological polar surface area (TPSA) is 76.0 Å². The van der Waals surface area contributed by atoms with Crippen LogP contribution in [0.1, 0.15) is 13.8 Å². The number of aliphatic hydroxyl groups excluding tert-OH is 1. The molecule has 102 valence electrons. The number of carboxylic acid groups (broad SMARTS) is 1. The Hall–Kier alpha value is -0.300. The molecule has 0 saturated heterocycles. The summed E-state index contributed by atoms with van der Waals surface area (Å²) in [5.74, 6) is -0.432. The fourth-order valence-corrected chi connectivity index (χ4v) is 2.23. The van der Waals surface area contributed by atoms with E-state index in [0.717, 1.165) is 0 Å². The SMILES string of the molecule is COCCOCC(O)CSC(C(=O)O)C(C)C. The highest BCUT2D eigenvalue weighted by atomic mass is 32.2. The van der Waals surface area contributed by atoms with Crippen molar-refractivity contribution >= 4 is 17.7 Å². The smallest absolute Gasteiger partial charge is 0.316 e. The lowest BCUT2D eigenvalue weighted by Gasteiger charge is -2.17. The van der Waals surface area contributed by atoms with Crippen LogP contribution in [0.3, 0.4) is 0 Å². The molecule has 0 aliphatic rings. The van der Waals surface area contributed by atoms with Gasteiger partial charge in [-0.2, -0.15) is 0 Å². The molecule has 0 aliphatic carbocycles. The lowest BCUT2D eigenvalue weighted by atomic mass is 10.1. The minimum Gasteiger partial charge on any atom is -0.480 e. The quantitative estimate of drug-likeness (QED) is 0.571. The van der Waals surface area contributed by atoms with E-state index in [1.165, 1.54) is 11.8 Å². The summed E-state index contributed by atoms with van der Waals surface area (Å²) in [5, 5.41) is 18.1. The van der Waals surface area contributed by atoms with Crippen molar-refractivity contribution in [3.05, 3.63) is 0 Å². The fourth-order valence-electron chi connectivity index (χ4n) is 1.17. The van der Waals surface area contributed by atoms with E-state index in [-0.39, 0.29) is 12.5 Å². The van der Waals surface area contributed by atoms with Crippen molar-refractivity contribution in [2.75, 3.05) is 32.7 Å². The number of methoxy groups -OCH3 is 1. The highest BCUT2D eigenvalue weighted by molar-refractivity contribution is 8.00. The molecule has 2 atom stereocenters. The minimum absolute atomic E-state index is 0.0408. The van der Waals surface area contributed by atoms with Gasteiger partial charge in [0.15, 0.2) is 0 Å². The maximum Gasteiger partial charge on any atom is 0.316 e. The maximum absolute atomic E-state index is 10.9. The van der Waals surface area contributed by atoms with Gasteiger partial charge in [-0.25, -0.2) is 0 Å². The molecule has 0 rings (SSSR count). The molecule has 5 nitrogen and oxygen atoms in total. The predicted molar refractivity (Wildman–Crippen MR) is 67.4 cm³/mol. The van der Waals surface area contributed by atoms with Gasteiger partial charge in [-0.05, 0) is 5.92 Å². The van der Waals surface area contributed by atoms with E-state index >= 15 is 0 Å². The van der Waals surface area contributed by atoms with Gasteiger partial charge < -0.3 is 19.7 Å². The molecule has 0 aromatic rings. The summed E-state index contributed by atoms with van der Waals surface area (Å²) in [5.41, 5.74) is 0. The van der Waals surface area contributed by atoms with Gasteiger partial charge in [-0.15, -0.1) is 11.8 Å². The standard InChI is InChI=1S/C11H22O5S/c1-8(2)10(11(13)14)17-7-9(12)6-16-5-4-15-3/h8-10,12H,4-7H2,1-3H3,(H,13,14). The van der Waals surface area contributed by atoms with Crippen LogP contribution in [0.4, 0.5) is 0 Å². The third-order valence-corrected chi connectivity index (χ3v) is 3.74. The van der Waals surface area contributed by atoms with Crippen LogP contribution in [0.25, 0.3) is 0 Å². The summed E-state index contributed by atoms with van der Waals surface area (Å²) >= 11 is 1.25. The second-order valence-corrected chi connectivity index (χ2v) is 5.23. The summed E-state index contributed by atoms with van der Waals surface area (Å²) < 4.78 is 9.95. The van der Waals surface area contributed by atoms with Gasteiger partial charge in [0.2, 0.25) is 0 Å². The van der Waals surface area contributed by atoms with E-state index in [0.29, 0.717) is 19.0 Å². The van der Waals surface area contributed by atoms with E-state index in [4.69, 9.17) is 14.6 Å². The van der Waals surface area contributed by atoms with E-state index in [2.05, 4.69) is 0 Å². The Morgan fingerprint density at radius 1 is 1.35 bits per heavy atom. The molecule has 6 heteroatoms. The van der Waals surface area contributed by atoms with Crippen LogP contribution in [0.15, 0.2) is 0 Å². The Morgan fingerprint density at radius 2 is 2.00 bits per heavy atom. The number of aliphatic hydroxyl groups is 1. The number of hydrogen-bond donors (Lipinski definition) is 2. The molecule has 0 bridgehead atoms. The van der Waals surface area contributed by atoms with Gasteiger partial charge in [0.25, 0.3) is 0 Å². The number of carbonyl (C=O) groups is 1. The van der Waals surface area contributed by atoms with Crippen molar-refractivity contribution in [3.8, 4) is 0 Å². The largest absolute Gasteiger partial charge is 0.480 e. The third-order valence-electron chi connectivity index (χ3n) is 2.06. The van der Waals surface area contributed by atoms with Crippen molar-refractivity contribution in [1.29, 1.82) is 0 Å². The van der Waals surface area contributed by atoms with Gasteiger partial charge >= 0.3 is 5.97 Å². The molecule has 0 amide bonds. The second kappa shape index (κ2) is 9.70. The first-order valence-electron chi connectivity index (χ1n) is 5.58. The number of hydrogen-bond acceptors (Lipinski definition) is 5. The van der Waals surface area contributed by atoms with Crippen molar-refractivity contribution < 1.29 is 24.5 Å². The highest BCUT2D eigenvalue weighted by Gasteiger charge is 2.22. The third kappa shape index (κ3) is 8.43. The van der Waals surface area contributed by atoms with Crippen molar-refractivity contribution in [3.63, 3.8) is 0 Å². The lowest BCUT2D eigenvalue weighted by molar-refractivity contribution is -0.137. The Balaban J connectivity index is 3.73. The zero-order valence-corrected chi connectivity index (χ0v) is 11.4. The molecule has 2 unspecified atom stereocenters. The van der Waals surface area contributed by atoms with Gasteiger partial charge in [-0.3, -0.25) is 4.79 Å². The Morgan fingerprint density at radius 3 is 2.47 bits per heavy atom. The van der Waals surface area contributed by atoms with E-state index in [9.17, 15) is 9.90 Å². The monoisotopic (exact) mass is 266 g/mol. The van der Waals surface area contributed by atoms with Crippen LogP contribution in [0.2, 0.25) is 0 Å². The first kappa shape index (κ1) is 16.7. The van der Waals surface area contributed by atoms with Crippen LogP contribution in [-0.2, 0) is 14.3 Å². The molecule has 0 radical (unpaired) electrons. The Labute approximate surface area is 106 Å². The molecule has 0 saturated carbocycles. The fraction of sp³-hybridized carbons (Fsp3) is 0.909. The molecule has 0 heterocycles. The van der Waals surface area contributed by atoms with Gasteiger partial charge in [0.1, 0.15) is 5.25 Å². The average molecular weight is 266 g/mol. The zero-order chi connectivity index (χ0) is 13.3. The summed E-state index contributed by atoms with van der Waals surface area (Å²) in [6, 6.07) is 0. The maximum atomic E-state index is 10.9. The van der Waals surface area contributed by atoms with E-state index < -0.39 is 17.3 Å². The summed E-state index contributed by atoms with van der Waals surface area (Å²) in [6.45, 7) is 4.84. The van der Waals surface area contributed by atoms with Crippen LogP contribution in [0.5, 0.6) is 0 Å². The molecule has 2 N–H and O–H groups in total. The number of carboxylic acids is 1. The number of aliphatic carboxylic acids is 1. The summed E-state index contributed by atoms with van der Waals surface area (Å²) in [4.78, 5) is 10.9. The molecule has 0 fully saturated rings. The van der Waals surface area contributed by atoms with Crippen molar-refractivity contribution in [1.82, 2.24) is 0 Å². The van der Waals surface area contributed by atoms with E-state index in [1.807, 2.05) is 13.8 Å². The molecule has 0 aromatic carbocycles. The van der Waals surface area contributed by atoms with Gasteiger partial charge in [0.05, 0.1) is 25.9 Å². The van der Waals surface area contributed by atoms with Crippen LogP contribution in [0, 0.1) is 5.92 Å².